The fraction of sp³-hybridized carbons (Fsp3) is 0.150. The zero-order valence-electron chi connectivity index (χ0n) is 16.3. The molecule has 0 aliphatic carbocycles. The predicted molar refractivity (Wildman–Crippen MR) is 110 cm³/mol. The van der Waals surface area contributed by atoms with Crippen molar-refractivity contribution in [2.45, 2.75) is 29.1 Å². The monoisotopic (exact) mass is 527 g/mol. The molecule has 0 bridgehead atoms. The SMILES string of the molecule is Cc1c(S(=O)(=O)c2ccc(Cl)cc2)csc1C(=O)Nc1cc(C(F)(F)F)cc(C(F)(F)F)c1. The van der Waals surface area contributed by atoms with Crippen LogP contribution >= 0.6 is 22.9 Å². The lowest BCUT2D eigenvalue weighted by Gasteiger charge is -2.14. The minimum absolute atomic E-state index is 0.00419. The molecule has 0 fully saturated rings. The van der Waals surface area contributed by atoms with E-state index in [9.17, 15) is 39.6 Å². The van der Waals surface area contributed by atoms with Crippen LogP contribution in [0.3, 0.4) is 0 Å². The molecule has 3 rings (SSSR count). The van der Waals surface area contributed by atoms with Gasteiger partial charge in [-0.1, -0.05) is 11.6 Å². The number of hydrogen-bond donors (Lipinski definition) is 1. The van der Waals surface area contributed by atoms with Gasteiger partial charge in [0.2, 0.25) is 9.84 Å². The van der Waals surface area contributed by atoms with Gasteiger partial charge in [-0.3, -0.25) is 4.79 Å². The summed E-state index contributed by atoms with van der Waals surface area (Å²) < 4.78 is 104. The molecule has 176 valence electrons. The number of carbonyl (C=O) groups is 1. The molecule has 4 nitrogen and oxygen atoms in total. The zero-order valence-corrected chi connectivity index (χ0v) is 18.7. The van der Waals surface area contributed by atoms with Crippen LogP contribution in [0.5, 0.6) is 0 Å². The summed E-state index contributed by atoms with van der Waals surface area (Å²) in [6.07, 6.45) is -10.2. The molecular weight excluding hydrogens is 516 g/mol. The Bertz CT molecular complexity index is 1280. The van der Waals surface area contributed by atoms with E-state index in [-0.39, 0.29) is 26.3 Å². The molecule has 0 aliphatic rings. The van der Waals surface area contributed by atoms with Crippen LogP contribution in [-0.2, 0) is 22.2 Å². The van der Waals surface area contributed by atoms with E-state index in [1.807, 2.05) is 5.32 Å². The normalized spacial score (nSPS) is 12.6. The summed E-state index contributed by atoms with van der Waals surface area (Å²) in [4.78, 5) is 12.1. The summed E-state index contributed by atoms with van der Waals surface area (Å²) in [7, 11) is -4.05. The number of hydrogen-bond acceptors (Lipinski definition) is 4. The summed E-state index contributed by atoms with van der Waals surface area (Å²) in [5, 5.41) is 3.46. The number of anilines is 1. The lowest BCUT2D eigenvalue weighted by Crippen LogP contribution is -2.16. The van der Waals surface area contributed by atoms with Crippen molar-refractivity contribution in [3.8, 4) is 0 Å². The van der Waals surface area contributed by atoms with Gasteiger partial charge in [0.1, 0.15) is 0 Å². The maximum Gasteiger partial charge on any atom is 0.416 e. The number of rotatable bonds is 4. The molecule has 0 atom stereocenters. The highest BCUT2D eigenvalue weighted by atomic mass is 35.5. The Balaban J connectivity index is 1.97. The molecule has 33 heavy (non-hydrogen) atoms. The van der Waals surface area contributed by atoms with Gasteiger partial charge in [0, 0.05) is 16.1 Å². The van der Waals surface area contributed by atoms with E-state index in [0.717, 1.165) is 0 Å². The van der Waals surface area contributed by atoms with Crippen LogP contribution in [0.2, 0.25) is 5.02 Å². The van der Waals surface area contributed by atoms with E-state index in [1.165, 1.54) is 36.6 Å². The van der Waals surface area contributed by atoms with Gasteiger partial charge in [-0.25, -0.2) is 8.42 Å². The molecule has 1 aromatic heterocycles. The third-order valence-electron chi connectivity index (χ3n) is 4.46. The lowest BCUT2D eigenvalue weighted by atomic mass is 10.1. The second-order valence-electron chi connectivity index (χ2n) is 6.76. The molecule has 0 spiro atoms. The summed E-state index contributed by atoms with van der Waals surface area (Å²) in [6.45, 7) is 1.31. The predicted octanol–water partition coefficient (Wildman–Crippen LogP) is 6.83. The molecule has 13 heteroatoms. The third-order valence-corrected chi connectivity index (χ3v) is 7.84. The van der Waals surface area contributed by atoms with Crippen LogP contribution in [0.25, 0.3) is 0 Å². The Morgan fingerprint density at radius 3 is 1.94 bits per heavy atom. The molecule has 0 radical (unpaired) electrons. The fourth-order valence-corrected chi connectivity index (χ4v) is 5.79. The van der Waals surface area contributed by atoms with Crippen LogP contribution < -0.4 is 5.32 Å². The molecule has 3 aromatic rings. The summed E-state index contributed by atoms with van der Waals surface area (Å²) in [6, 6.07) is 5.89. The number of carbonyl (C=O) groups excluding carboxylic acids is 1. The Kier molecular flexibility index (Phi) is 6.57. The molecule has 1 heterocycles. The Morgan fingerprint density at radius 1 is 0.939 bits per heavy atom. The van der Waals surface area contributed by atoms with E-state index in [0.29, 0.717) is 28.5 Å². The van der Waals surface area contributed by atoms with Gasteiger partial charge in [-0.2, -0.15) is 26.3 Å². The highest BCUT2D eigenvalue weighted by Gasteiger charge is 2.37. The molecule has 0 saturated carbocycles. The van der Waals surface area contributed by atoms with Crippen molar-refractivity contribution in [1.29, 1.82) is 0 Å². The van der Waals surface area contributed by atoms with E-state index in [2.05, 4.69) is 0 Å². The number of amides is 1. The summed E-state index contributed by atoms with van der Waals surface area (Å²) in [5.41, 5.74) is -3.93. The average Bonchev–Trinajstić information content (AvgIpc) is 3.09. The molecular formula is C20H12ClF6NO3S2. The van der Waals surface area contributed by atoms with E-state index >= 15 is 0 Å². The minimum Gasteiger partial charge on any atom is -0.321 e. The standard InChI is InChI=1S/C20H12ClF6NO3S2/c1-10-16(33(30,31)15-4-2-13(21)3-5-15)9-32-17(10)18(29)28-14-7-11(19(22,23)24)6-12(8-14)20(25,26)27/h2-9H,1H3,(H,28,29). The third kappa shape index (κ3) is 5.33. The Hall–Kier alpha value is -2.57. The zero-order chi connectivity index (χ0) is 24.8. The van der Waals surface area contributed by atoms with E-state index in [4.69, 9.17) is 11.6 Å². The van der Waals surface area contributed by atoms with Crippen molar-refractivity contribution in [2.24, 2.45) is 0 Å². The highest BCUT2D eigenvalue weighted by Crippen LogP contribution is 2.38. The van der Waals surface area contributed by atoms with E-state index in [1.54, 1.807) is 0 Å². The number of nitrogens with one attached hydrogen (secondary N) is 1. The maximum absolute atomic E-state index is 13.0. The highest BCUT2D eigenvalue weighted by molar-refractivity contribution is 7.91. The summed E-state index contributed by atoms with van der Waals surface area (Å²) >= 11 is 6.44. The maximum atomic E-state index is 13.0. The van der Waals surface area contributed by atoms with Gasteiger partial charge in [0.05, 0.1) is 25.8 Å². The van der Waals surface area contributed by atoms with E-state index < -0.39 is 44.9 Å². The fourth-order valence-electron chi connectivity index (χ4n) is 2.85. The largest absolute Gasteiger partial charge is 0.416 e. The molecule has 0 saturated heterocycles. The topological polar surface area (TPSA) is 63.2 Å². The Labute approximate surface area is 192 Å². The average molecular weight is 528 g/mol. The van der Waals surface area contributed by atoms with Gasteiger partial charge in [-0.15, -0.1) is 11.3 Å². The van der Waals surface area contributed by atoms with Crippen molar-refractivity contribution in [3.63, 3.8) is 0 Å². The first kappa shape index (κ1) is 25.1. The van der Waals surface area contributed by atoms with Crippen molar-refractivity contribution < 1.29 is 39.6 Å². The molecule has 2 aromatic carbocycles. The summed E-state index contributed by atoms with van der Waals surface area (Å²) in [5.74, 6) is -1.05. The van der Waals surface area contributed by atoms with Crippen LogP contribution in [0.4, 0.5) is 32.0 Å². The lowest BCUT2D eigenvalue weighted by molar-refractivity contribution is -0.143. The van der Waals surface area contributed by atoms with Crippen LogP contribution in [0.15, 0.2) is 57.6 Å². The first-order valence-corrected chi connectivity index (χ1v) is 11.5. The van der Waals surface area contributed by atoms with Crippen LogP contribution in [0.1, 0.15) is 26.4 Å². The number of benzene rings is 2. The second kappa shape index (κ2) is 8.65. The van der Waals surface area contributed by atoms with Crippen LogP contribution in [0, 0.1) is 6.92 Å². The number of halogens is 7. The molecule has 1 amide bonds. The van der Waals surface area contributed by atoms with Gasteiger partial charge >= 0.3 is 12.4 Å². The van der Waals surface area contributed by atoms with Crippen molar-refractivity contribution >= 4 is 44.4 Å². The number of thiophene rings is 1. The van der Waals surface area contributed by atoms with Gasteiger partial charge < -0.3 is 5.32 Å². The smallest absolute Gasteiger partial charge is 0.321 e. The molecule has 1 N–H and O–H groups in total. The first-order valence-electron chi connectivity index (χ1n) is 8.80. The van der Waals surface area contributed by atoms with Crippen molar-refractivity contribution in [3.05, 3.63) is 74.4 Å². The van der Waals surface area contributed by atoms with Gasteiger partial charge in [0.25, 0.3) is 5.91 Å². The number of sulfone groups is 1. The first-order chi connectivity index (χ1) is 15.1. The minimum atomic E-state index is -5.08. The van der Waals surface area contributed by atoms with Crippen molar-refractivity contribution in [1.82, 2.24) is 0 Å². The quantitative estimate of drug-likeness (QED) is 0.378. The number of alkyl halides is 6. The second-order valence-corrected chi connectivity index (χ2v) is 9.99. The van der Waals surface area contributed by atoms with Gasteiger partial charge in [0.15, 0.2) is 0 Å². The van der Waals surface area contributed by atoms with Crippen molar-refractivity contribution in [2.75, 3.05) is 5.32 Å². The Morgan fingerprint density at radius 2 is 1.45 bits per heavy atom. The molecule has 0 unspecified atom stereocenters. The van der Waals surface area contributed by atoms with Crippen LogP contribution in [-0.4, -0.2) is 14.3 Å². The molecule has 0 aliphatic heterocycles. The van der Waals surface area contributed by atoms with Gasteiger partial charge in [-0.05, 0) is 55.0 Å².